The summed E-state index contributed by atoms with van der Waals surface area (Å²) in [6.45, 7) is 2.89. The summed E-state index contributed by atoms with van der Waals surface area (Å²) in [5.41, 5.74) is 4.35. The van der Waals surface area contributed by atoms with E-state index in [4.69, 9.17) is 0 Å². The Morgan fingerprint density at radius 2 is 2.31 bits per heavy atom. The van der Waals surface area contributed by atoms with Gasteiger partial charge in [0.2, 0.25) is 0 Å². The average molecular weight is 214 g/mol. The number of Topliss-reactive ketones (excluding diaryl/α,β-unsaturated/α-hetero) is 1. The van der Waals surface area contributed by atoms with E-state index < -0.39 is 0 Å². The molecule has 16 heavy (non-hydrogen) atoms. The number of benzene rings is 1. The minimum Gasteiger partial charge on any atom is -0.384 e. The quantitative estimate of drug-likeness (QED) is 0.755. The molecule has 1 aliphatic rings. The first-order valence-corrected chi connectivity index (χ1v) is 5.71. The number of ketones is 1. The largest absolute Gasteiger partial charge is 0.384 e. The van der Waals surface area contributed by atoms with E-state index in [0.717, 1.165) is 24.2 Å². The van der Waals surface area contributed by atoms with Gasteiger partial charge in [0.05, 0.1) is 5.69 Å². The summed E-state index contributed by atoms with van der Waals surface area (Å²) in [4.78, 5) is 14.8. The van der Waals surface area contributed by atoms with Crippen LogP contribution < -0.4 is 5.32 Å². The summed E-state index contributed by atoms with van der Waals surface area (Å²) >= 11 is 0. The number of H-pyrrole nitrogens is 1. The zero-order valence-corrected chi connectivity index (χ0v) is 9.26. The van der Waals surface area contributed by atoms with Crippen LogP contribution >= 0.6 is 0 Å². The van der Waals surface area contributed by atoms with Crippen molar-refractivity contribution < 1.29 is 4.79 Å². The molecule has 2 aromatic rings. The van der Waals surface area contributed by atoms with Crippen molar-refractivity contribution in [1.29, 1.82) is 0 Å². The van der Waals surface area contributed by atoms with Crippen LogP contribution in [0.3, 0.4) is 0 Å². The van der Waals surface area contributed by atoms with Crippen LogP contribution in [0.5, 0.6) is 0 Å². The van der Waals surface area contributed by atoms with Crippen LogP contribution in [0.2, 0.25) is 0 Å². The monoisotopic (exact) mass is 214 g/mol. The Kier molecular flexibility index (Phi) is 1.99. The maximum atomic E-state index is 11.6. The minimum atomic E-state index is 0.177. The van der Waals surface area contributed by atoms with Crippen LogP contribution in [0.1, 0.15) is 29.4 Å². The second-order valence-corrected chi connectivity index (χ2v) is 4.19. The van der Waals surface area contributed by atoms with Gasteiger partial charge < -0.3 is 10.3 Å². The fourth-order valence-electron chi connectivity index (χ4n) is 2.36. The summed E-state index contributed by atoms with van der Waals surface area (Å²) < 4.78 is 0. The van der Waals surface area contributed by atoms with Crippen molar-refractivity contribution in [2.75, 3.05) is 11.9 Å². The van der Waals surface area contributed by atoms with Gasteiger partial charge in [-0.05, 0) is 30.2 Å². The van der Waals surface area contributed by atoms with E-state index in [1.54, 1.807) is 0 Å². The van der Waals surface area contributed by atoms with Crippen molar-refractivity contribution in [2.45, 2.75) is 19.8 Å². The third kappa shape index (κ3) is 1.24. The third-order valence-electron chi connectivity index (χ3n) is 3.23. The molecule has 0 bridgehead atoms. The van der Waals surface area contributed by atoms with Gasteiger partial charge in [0, 0.05) is 29.6 Å². The molecule has 3 nitrogen and oxygen atoms in total. The number of hydrogen-bond acceptors (Lipinski definition) is 2. The number of aromatic nitrogens is 1. The topological polar surface area (TPSA) is 44.9 Å². The van der Waals surface area contributed by atoms with Crippen LogP contribution in [-0.2, 0) is 6.42 Å². The second-order valence-electron chi connectivity index (χ2n) is 4.19. The molecular weight excluding hydrogens is 200 g/mol. The molecule has 0 fully saturated rings. The molecule has 3 heteroatoms. The Hall–Kier alpha value is -1.77. The number of hydrogen-bond donors (Lipinski definition) is 2. The van der Waals surface area contributed by atoms with Crippen molar-refractivity contribution >= 4 is 22.4 Å². The molecule has 3 rings (SSSR count). The van der Waals surface area contributed by atoms with Gasteiger partial charge in [0.25, 0.3) is 0 Å². The summed E-state index contributed by atoms with van der Waals surface area (Å²) in [6.07, 6.45) is 1.59. The van der Waals surface area contributed by atoms with Crippen molar-refractivity contribution in [1.82, 2.24) is 4.98 Å². The smallest absolute Gasteiger partial charge is 0.178 e. The van der Waals surface area contributed by atoms with Gasteiger partial charge in [-0.25, -0.2) is 0 Å². The summed E-state index contributed by atoms with van der Waals surface area (Å²) in [7, 11) is 0. The highest BCUT2D eigenvalue weighted by atomic mass is 16.1. The van der Waals surface area contributed by atoms with Gasteiger partial charge in [-0.3, -0.25) is 4.79 Å². The molecule has 0 atom stereocenters. The van der Waals surface area contributed by atoms with Crippen LogP contribution in [0.25, 0.3) is 10.9 Å². The van der Waals surface area contributed by atoms with E-state index in [-0.39, 0.29) is 5.78 Å². The van der Waals surface area contributed by atoms with Crippen molar-refractivity contribution in [3.63, 3.8) is 0 Å². The van der Waals surface area contributed by atoms with Crippen LogP contribution in [0, 0.1) is 0 Å². The third-order valence-corrected chi connectivity index (χ3v) is 3.23. The first kappa shape index (κ1) is 9.46. The Balaban J connectivity index is 2.21. The molecule has 0 radical (unpaired) electrons. The normalized spacial score (nSPS) is 13.8. The van der Waals surface area contributed by atoms with E-state index in [9.17, 15) is 4.79 Å². The second kappa shape index (κ2) is 3.37. The Morgan fingerprint density at radius 3 is 3.12 bits per heavy atom. The Bertz CT molecular complexity index is 569. The van der Waals surface area contributed by atoms with Gasteiger partial charge in [-0.2, -0.15) is 0 Å². The SMILES string of the molecule is CCC(=O)c1cc2c3c(ccc2[nH]1)NCC3. The lowest BCUT2D eigenvalue weighted by atomic mass is 10.1. The molecule has 0 unspecified atom stereocenters. The lowest BCUT2D eigenvalue weighted by molar-refractivity contribution is 0.0984. The summed E-state index contributed by atoms with van der Waals surface area (Å²) in [6, 6.07) is 6.12. The molecule has 82 valence electrons. The number of anilines is 1. The summed E-state index contributed by atoms with van der Waals surface area (Å²) in [5.74, 6) is 0.177. The van der Waals surface area contributed by atoms with E-state index in [2.05, 4.69) is 16.4 Å². The zero-order valence-electron chi connectivity index (χ0n) is 9.26. The van der Waals surface area contributed by atoms with Gasteiger partial charge in [0.1, 0.15) is 0 Å². The summed E-state index contributed by atoms with van der Waals surface area (Å²) in [5, 5.41) is 4.54. The average Bonchev–Trinajstić information content (AvgIpc) is 2.92. The Morgan fingerprint density at radius 1 is 1.44 bits per heavy atom. The first-order valence-electron chi connectivity index (χ1n) is 5.71. The van der Waals surface area contributed by atoms with E-state index in [1.807, 2.05) is 19.1 Å². The molecule has 1 aliphatic heterocycles. The Labute approximate surface area is 93.9 Å². The lowest BCUT2D eigenvalue weighted by Crippen LogP contribution is -1.95. The van der Waals surface area contributed by atoms with Crippen LogP contribution in [0.4, 0.5) is 5.69 Å². The molecule has 2 heterocycles. The molecule has 2 N–H and O–H groups in total. The molecule has 0 spiro atoms. The minimum absolute atomic E-state index is 0.177. The van der Waals surface area contributed by atoms with E-state index in [0.29, 0.717) is 6.42 Å². The van der Waals surface area contributed by atoms with Gasteiger partial charge in [-0.15, -0.1) is 0 Å². The van der Waals surface area contributed by atoms with Crippen molar-refractivity contribution in [2.24, 2.45) is 0 Å². The first-order chi connectivity index (χ1) is 7.79. The van der Waals surface area contributed by atoms with E-state index >= 15 is 0 Å². The number of nitrogens with one attached hydrogen (secondary N) is 2. The van der Waals surface area contributed by atoms with Gasteiger partial charge in [-0.1, -0.05) is 6.92 Å². The zero-order chi connectivity index (χ0) is 11.1. The highest BCUT2D eigenvalue weighted by Crippen LogP contribution is 2.30. The fraction of sp³-hybridized carbons (Fsp3) is 0.308. The van der Waals surface area contributed by atoms with Gasteiger partial charge >= 0.3 is 0 Å². The maximum Gasteiger partial charge on any atom is 0.178 e. The van der Waals surface area contributed by atoms with Crippen LogP contribution in [-0.4, -0.2) is 17.3 Å². The predicted molar refractivity (Wildman–Crippen MR) is 65.1 cm³/mol. The number of carbonyl (C=O) groups excluding carboxylic acids is 1. The molecule has 1 aromatic heterocycles. The standard InChI is InChI=1S/C13H14N2O/c1-2-13(16)12-7-9-8-5-6-14-10(8)3-4-11(9)15-12/h3-4,7,14-15H,2,5-6H2,1H3. The highest BCUT2D eigenvalue weighted by Gasteiger charge is 2.16. The highest BCUT2D eigenvalue weighted by molar-refractivity contribution is 6.01. The number of aromatic amines is 1. The number of fused-ring (bicyclic) bond motifs is 3. The lowest BCUT2D eigenvalue weighted by Gasteiger charge is -1.99. The van der Waals surface area contributed by atoms with Crippen LogP contribution in [0.15, 0.2) is 18.2 Å². The van der Waals surface area contributed by atoms with Crippen molar-refractivity contribution in [3.8, 4) is 0 Å². The molecule has 0 aliphatic carbocycles. The fourth-order valence-corrected chi connectivity index (χ4v) is 2.36. The van der Waals surface area contributed by atoms with Gasteiger partial charge in [0.15, 0.2) is 5.78 Å². The molecule has 0 saturated carbocycles. The number of rotatable bonds is 2. The predicted octanol–water partition coefficient (Wildman–Crippen LogP) is 2.73. The maximum absolute atomic E-state index is 11.6. The van der Waals surface area contributed by atoms with E-state index in [1.165, 1.54) is 16.6 Å². The number of carbonyl (C=O) groups is 1. The molecule has 0 amide bonds. The molecule has 1 aromatic carbocycles. The molecule has 0 saturated heterocycles. The molecular formula is C13H14N2O. The van der Waals surface area contributed by atoms with Crippen molar-refractivity contribution in [3.05, 3.63) is 29.5 Å².